The first-order valence-electron chi connectivity index (χ1n) is 10.7. The van der Waals surface area contributed by atoms with Crippen LogP contribution in [0.5, 0.6) is 0 Å². The summed E-state index contributed by atoms with van der Waals surface area (Å²) in [5, 5.41) is 0. The summed E-state index contributed by atoms with van der Waals surface area (Å²) < 4.78 is 0. The van der Waals surface area contributed by atoms with Crippen molar-refractivity contribution in [3.63, 3.8) is 0 Å². The van der Waals surface area contributed by atoms with E-state index in [0.717, 1.165) is 23.7 Å². The van der Waals surface area contributed by atoms with E-state index < -0.39 is 0 Å². The molecule has 0 aromatic carbocycles. The third-order valence-corrected chi connectivity index (χ3v) is 6.16. The van der Waals surface area contributed by atoms with E-state index in [2.05, 4.69) is 50.0 Å². The van der Waals surface area contributed by atoms with Gasteiger partial charge in [0.1, 0.15) is 0 Å². The molecule has 0 radical (unpaired) electrons. The Morgan fingerprint density at radius 3 is 1.33 bits per heavy atom. The molecular formula is C24H38. The van der Waals surface area contributed by atoms with Gasteiger partial charge in [-0.25, -0.2) is 0 Å². The van der Waals surface area contributed by atoms with Crippen LogP contribution in [0.2, 0.25) is 0 Å². The predicted octanol–water partition coefficient (Wildman–Crippen LogP) is 7.32. The Balaban J connectivity index is 1.62. The maximum absolute atomic E-state index is 3.22. The summed E-state index contributed by atoms with van der Waals surface area (Å²) in [4.78, 5) is 0. The highest BCUT2D eigenvalue weighted by molar-refractivity contribution is 5.24. The predicted molar refractivity (Wildman–Crippen MR) is 107 cm³/mol. The lowest BCUT2D eigenvalue weighted by Gasteiger charge is -2.26. The minimum Gasteiger partial charge on any atom is -0.0730 e. The molecule has 0 heteroatoms. The molecule has 2 fully saturated rings. The van der Waals surface area contributed by atoms with E-state index in [0.29, 0.717) is 0 Å². The number of allylic oxidation sites excluding steroid dienone is 4. The first kappa shape index (κ1) is 19.4. The molecule has 2 rings (SSSR count). The summed E-state index contributed by atoms with van der Waals surface area (Å²) in [6.07, 6.45) is 25.7. The molecule has 0 saturated heterocycles. The Labute approximate surface area is 151 Å². The van der Waals surface area contributed by atoms with Gasteiger partial charge in [0.2, 0.25) is 0 Å². The van der Waals surface area contributed by atoms with Crippen molar-refractivity contribution in [1.29, 1.82) is 0 Å². The lowest BCUT2D eigenvalue weighted by Crippen LogP contribution is -2.12. The maximum atomic E-state index is 3.22. The second-order valence-electron chi connectivity index (χ2n) is 8.15. The molecule has 0 heterocycles. The highest BCUT2D eigenvalue weighted by Crippen LogP contribution is 2.32. The number of rotatable bonds is 6. The van der Waals surface area contributed by atoms with E-state index in [1.807, 2.05) is 0 Å². The summed E-state index contributed by atoms with van der Waals surface area (Å²) in [5.41, 5.74) is 0. The zero-order valence-electron chi connectivity index (χ0n) is 16.1. The van der Waals surface area contributed by atoms with Gasteiger partial charge in [-0.1, -0.05) is 63.5 Å². The van der Waals surface area contributed by atoms with Crippen LogP contribution in [0.3, 0.4) is 0 Å². The van der Waals surface area contributed by atoms with Gasteiger partial charge in [-0.05, 0) is 87.2 Å². The molecule has 2 aliphatic carbocycles. The number of hydrogen-bond donors (Lipinski definition) is 0. The van der Waals surface area contributed by atoms with Crippen LogP contribution in [0.25, 0.3) is 0 Å². The summed E-state index contributed by atoms with van der Waals surface area (Å²) >= 11 is 0. The van der Waals surface area contributed by atoms with Crippen LogP contribution in [0.4, 0.5) is 0 Å². The zero-order valence-corrected chi connectivity index (χ0v) is 16.1. The van der Waals surface area contributed by atoms with Gasteiger partial charge >= 0.3 is 0 Å². The van der Waals surface area contributed by atoms with E-state index in [4.69, 9.17) is 0 Å². The Bertz CT molecular complexity index is 388. The molecule has 0 unspecified atom stereocenters. The summed E-state index contributed by atoms with van der Waals surface area (Å²) in [7, 11) is 0. The fraction of sp³-hybridized carbons (Fsp3) is 0.750. The molecule has 134 valence electrons. The quantitative estimate of drug-likeness (QED) is 0.449. The van der Waals surface area contributed by atoms with Crippen molar-refractivity contribution < 1.29 is 0 Å². The minimum atomic E-state index is 0.783. The van der Waals surface area contributed by atoms with Crippen LogP contribution >= 0.6 is 0 Å². The minimum absolute atomic E-state index is 0.783. The number of hydrogen-bond acceptors (Lipinski definition) is 0. The van der Waals surface area contributed by atoms with Crippen molar-refractivity contribution in [3.8, 4) is 11.8 Å². The molecule has 24 heavy (non-hydrogen) atoms. The third kappa shape index (κ3) is 7.29. The van der Waals surface area contributed by atoms with Gasteiger partial charge in [0, 0.05) is 0 Å². The zero-order chi connectivity index (χ0) is 17.0. The molecule has 2 aliphatic rings. The van der Waals surface area contributed by atoms with E-state index >= 15 is 0 Å². The fourth-order valence-corrected chi connectivity index (χ4v) is 4.62. The van der Waals surface area contributed by atoms with Gasteiger partial charge in [-0.3, -0.25) is 0 Å². The van der Waals surface area contributed by atoms with Crippen LogP contribution < -0.4 is 0 Å². The van der Waals surface area contributed by atoms with Gasteiger partial charge in [0.05, 0.1) is 0 Å². The van der Waals surface area contributed by atoms with Crippen molar-refractivity contribution >= 4 is 0 Å². The lowest BCUT2D eigenvalue weighted by atomic mass is 9.80. The Kier molecular flexibility index (Phi) is 9.34. The molecular weight excluding hydrogens is 288 g/mol. The summed E-state index contributed by atoms with van der Waals surface area (Å²) in [6.45, 7) is 4.62. The van der Waals surface area contributed by atoms with Crippen LogP contribution in [0.1, 0.15) is 90.9 Å². The molecule has 0 bridgehead atoms. The van der Waals surface area contributed by atoms with Crippen molar-refractivity contribution in [3.05, 3.63) is 24.3 Å². The molecule has 0 aromatic heterocycles. The average Bonchev–Trinajstić information content (AvgIpc) is 2.61. The lowest BCUT2D eigenvalue weighted by molar-refractivity contribution is 0.294. The standard InChI is InChI=1S/C24H38/c1-3-9-21-13-17-23(18-14-21)11-7-5-6-8-12-24-19-15-22(10-4-2)16-20-24/h7-8,11-12,21-24H,3-4,9-10,13-20H2,1-2H3/t21-,22-,23-,24-. The van der Waals surface area contributed by atoms with Gasteiger partial charge < -0.3 is 0 Å². The van der Waals surface area contributed by atoms with Gasteiger partial charge in [-0.15, -0.1) is 0 Å². The monoisotopic (exact) mass is 326 g/mol. The molecule has 0 nitrogen and oxygen atoms in total. The highest BCUT2D eigenvalue weighted by atomic mass is 14.2. The molecule has 0 spiro atoms. The molecule has 0 atom stereocenters. The van der Waals surface area contributed by atoms with Crippen LogP contribution in [0, 0.1) is 35.5 Å². The topological polar surface area (TPSA) is 0 Å². The van der Waals surface area contributed by atoms with Crippen LogP contribution in [0.15, 0.2) is 24.3 Å². The van der Waals surface area contributed by atoms with Crippen LogP contribution in [-0.2, 0) is 0 Å². The third-order valence-electron chi connectivity index (χ3n) is 6.16. The second kappa shape index (κ2) is 11.6. The summed E-state index contributed by atoms with van der Waals surface area (Å²) in [6, 6.07) is 0. The van der Waals surface area contributed by atoms with Gasteiger partial charge in [-0.2, -0.15) is 0 Å². The van der Waals surface area contributed by atoms with Gasteiger partial charge in [0.15, 0.2) is 0 Å². The van der Waals surface area contributed by atoms with Crippen molar-refractivity contribution in [2.45, 2.75) is 90.9 Å². The Morgan fingerprint density at radius 2 is 1.00 bits per heavy atom. The Morgan fingerprint density at radius 1 is 0.625 bits per heavy atom. The van der Waals surface area contributed by atoms with Gasteiger partial charge in [0.25, 0.3) is 0 Å². The van der Waals surface area contributed by atoms with Crippen LogP contribution in [-0.4, -0.2) is 0 Å². The Hall–Kier alpha value is -0.960. The maximum Gasteiger partial charge on any atom is -0.0153 e. The van der Waals surface area contributed by atoms with Crippen molar-refractivity contribution in [1.82, 2.24) is 0 Å². The highest BCUT2D eigenvalue weighted by Gasteiger charge is 2.19. The summed E-state index contributed by atoms with van der Waals surface area (Å²) in [5.74, 6) is 10.0. The second-order valence-corrected chi connectivity index (χ2v) is 8.15. The van der Waals surface area contributed by atoms with E-state index in [9.17, 15) is 0 Å². The van der Waals surface area contributed by atoms with E-state index in [1.54, 1.807) is 0 Å². The normalized spacial score (nSPS) is 31.2. The SMILES string of the molecule is CCC[C@H]1CC[C@H](C=CC#CC=C[C@H]2CC[C@H](CCC)CC2)CC1. The average molecular weight is 327 g/mol. The smallest absolute Gasteiger partial charge is 0.0153 e. The molecule has 0 N–H and O–H groups in total. The van der Waals surface area contributed by atoms with Crippen molar-refractivity contribution in [2.24, 2.45) is 23.7 Å². The molecule has 2 saturated carbocycles. The molecule has 0 aliphatic heterocycles. The molecule has 0 aromatic rings. The first-order chi connectivity index (χ1) is 11.8. The fourth-order valence-electron chi connectivity index (χ4n) is 4.62. The molecule has 0 amide bonds. The largest absolute Gasteiger partial charge is 0.0730 e. The van der Waals surface area contributed by atoms with E-state index in [1.165, 1.54) is 77.0 Å². The van der Waals surface area contributed by atoms with Crippen molar-refractivity contribution in [2.75, 3.05) is 0 Å². The first-order valence-corrected chi connectivity index (χ1v) is 10.7. The van der Waals surface area contributed by atoms with E-state index in [-0.39, 0.29) is 0 Å².